The van der Waals surface area contributed by atoms with Crippen LogP contribution in [0.3, 0.4) is 0 Å². The fourth-order valence-electron chi connectivity index (χ4n) is 0.901. The quantitative estimate of drug-likeness (QED) is 0.840. The minimum absolute atomic E-state index is 0.648. The summed E-state index contributed by atoms with van der Waals surface area (Å²) in [5, 5.41) is 0. The molecular weight excluding hydrogens is 242 g/mol. The Bertz CT molecular complexity index is 344. The fraction of sp³-hybridized carbons (Fsp3) is 0.200. The van der Waals surface area contributed by atoms with Gasteiger partial charge in [0.2, 0.25) is 0 Å². The first-order valence-electron chi connectivity index (χ1n) is 4.31. The number of rotatable bonds is 3. The molecule has 2 N–H and O–H groups in total. The molecule has 0 amide bonds. The molecule has 3 nitrogen and oxygen atoms in total. The average molecular weight is 254 g/mol. The van der Waals surface area contributed by atoms with E-state index in [1.807, 2.05) is 19.1 Å². The third-order valence-corrected chi connectivity index (χ3v) is 2.25. The van der Waals surface area contributed by atoms with Crippen LogP contribution >= 0.6 is 15.9 Å². The van der Waals surface area contributed by atoms with E-state index in [2.05, 4.69) is 25.9 Å². The van der Waals surface area contributed by atoms with Crippen molar-refractivity contribution in [2.45, 2.75) is 6.92 Å². The highest BCUT2D eigenvalue weighted by Gasteiger charge is 1.99. The van der Waals surface area contributed by atoms with Gasteiger partial charge in [-0.2, -0.15) is 0 Å². The number of hydrogen-bond acceptors (Lipinski definition) is 3. The molecule has 1 aromatic rings. The van der Waals surface area contributed by atoms with Gasteiger partial charge in [-0.1, -0.05) is 0 Å². The van der Waals surface area contributed by atoms with E-state index in [0.29, 0.717) is 5.70 Å². The van der Waals surface area contributed by atoms with Crippen LogP contribution in [0.1, 0.15) is 12.5 Å². The van der Waals surface area contributed by atoms with Gasteiger partial charge in [0.05, 0.1) is 10.2 Å². The Morgan fingerprint density at radius 3 is 3.07 bits per heavy atom. The van der Waals surface area contributed by atoms with Crippen molar-refractivity contribution in [3.8, 4) is 0 Å². The lowest BCUT2D eigenvalue weighted by molar-refractivity contribution is 1.14. The Balaban J connectivity index is 2.93. The van der Waals surface area contributed by atoms with Gasteiger partial charge in [-0.15, -0.1) is 0 Å². The van der Waals surface area contributed by atoms with Crippen molar-refractivity contribution < 1.29 is 0 Å². The van der Waals surface area contributed by atoms with Gasteiger partial charge in [-0.05, 0) is 35.0 Å². The van der Waals surface area contributed by atoms with Crippen LogP contribution < -0.4 is 5.73 Å². The van der Waals surface area contributed by atoms with Gasteiger partial charge in [0, 0.05) is 30.7 Å². The third-order valence-electron chi connectivity index (χ3n) is 1.62. The number of halogens is 1. The van der Waals surface area contributed by atoms with Gasteiger partial charge in [0.25, 0.3) is 0 Å². The Morgan fingerprint density at radius 1 is 1.71 bits per heavy atom. The van der Waals surface area contributed by atoms with Crippen molar-refractivity contribution in [2.75, 3.05) is 6.54 Å². The molecule has 0 aromatic carbocycles. The molecule has 0 aliphatic heterocycles. The van der Waals surface area contributed by atoms with E-state index >= 15 is 0 Å². The van der Waals surface area contributed by atoms with Crippen molar-refractivity contribution in [1.29, 1.82) is 0 Å². The van der Waals surface area contributed by atoms with Crippen molar-refractivity contribution in [3.05, 3.63) is 34.6 Å². The minimum Gasteiger partial charge on any atom is -0.397 e. The zero-order chi connectivity index (χ0) is 10.4. The third kappa shape index (κ3) is 2.96. The van der Waals surface area contributed by atoms with E-state index < -0.39 is 0 Å². The molecule has 4 heteroatoms. The van der Waals surface area contributed by atoms with Gasteiger partial charge < -0.3 is 5.73 Å². The molecule has 0 saturated heterocycles. The van der Waals surface area contributed by atoms with Crippen LogP contribution in [0.25, 0.3) is 5.70 Å². The van der Waals surface area contributed by atoms with Gasteiger partial charge in [0.15, 0.2) is 0 Å². The molecule has 0 aliphatic carbocycles. The second-order valence-electron chi connectivity index (χ2n) is 2.63. The summed E-state index contributed by atoms with van der Waals surface area (Å²) < 4.78 is 0.785. The molecule has 0 bridgehead atoms. The summed E-state index contributed by atoms with van der Waals surface area (Å²) in [6, 6.07) is 3.75. The smallest absolute Gasteiger partial charge is 0.0589 e. The maximum Gasteiger partial charge on any atom is 0.0589 e. The van der Waals surface area contributed by atoms with Crippen LogP contribution in [-0.4, -0.2) is 17.7 Å². The van der Waals surface area contributed by atoms with E-state index in [1.54, 1.807) is 18.6 Å². The first-order chi connectivity index (χ1) is 6.75. The van der Waals surface area contributed by atoms with E-state index in [1.165, 1.54) is 0 Å². The summed E-state index contributed by atoms with van der Waals surface area (Å²) >= 11 is 3.36. The molecule has 1 aromatic heterocycles. The van der Waals surface area contributed by atoms with E-state index in [-0.39, 0.29) is 0 Å². The zero-order valence-corrected chi connectivity index (χ0v) is 9.53. The summed E-state index contributed by atoms with van der Waals surface area (Å²) in [5.74, 6) is 0. The number of nitrogens with zero attached hydrogens (tertiary/aromatic N) is 2. The summed E-state index contributed by atoms with van der Waals surface area (Å²) in [6.45, 7) is 2.71. The standard InChI is InChI=1S/C10H12BrN3/c1-2-13-7-9(11)10(12)8-4-3-5-14-6-8/h3-7H,2,12H2,1H3. The van der Waals surface area contributed by atoms with Crippen molar-refractivity contribution in [3.63, 3.8) is 0 Å². The summed E-state index contributed by atoms with van der Waals surface area (Å²) in [5.41, 5.74) is 7.42. The van der Waals surface area contributed by atoms with E-state index in [0.717, 1.165) is 16.6 Å². The van der Waals surface area contributed by atoms with Crippen LogP contribution in [-0.2, 0) is 0 Å². The monoisotopic (exact) mass is 253 g/mol. The maximum atomic E-state index is 5.88. The van der Waals surface area contributed by atoms with Crippen molar-refractivity contribution in [1.82, 2.24) is 4.98 Å². The SMILES string of the molecule is CCN=CC(Br)=C(N)c1cccnc1. The maximum absolute atomic E-state index is 5.88. The Kier molecular flexibility index (Phi) is 4.32. The topological polar surface area (TPSA) is 51.3 Å². The van der Waals surface area contributed by atoms with E-state index in [4.69, 9.17) is 5.73 Å². The van der Waals surface area contributed by atoms with Crippen molar-refractivity contribution >= 4 is 27.8 Å². The summed E-state index contributed by atoms with van der Waals surface area (Å²) in [7, 11) is 0. The highest BCUT2D eigenvalue weighted by atomic mass is 79.9. The molecule has 14 heavy (non-hydrogen) atoms. The number of nitrogens with two attached hydrogens (primary N) is 1. The lowest BCUT2D eigenvalue weighted by Gasteiger charge is -2.01. The first-order valence-corrected chi connectivity index (χ1v) is 5.10. The minimum atomic E-state index is 0.648. The zero-order valence-electron chi connectivity index (χ0n) is 7.94. The highest BCUT2D eigenvalue weighted by molar-refractivity contribution is 9.12. The lowest BCUT2D eigenvalue weighted by atomic mass is 10.2. The predicted molar refractivity (Wildman–Crippen MR) is 63.3 cm³/mol. The van der Waals surface area contributed by atoms with Gasteiger partial charge >= 0.3 is 0 Å². The molecular formula is C10H12BrN3. The number of hydrogen-bond donors (Lipinski definition) is 1. The van der Waals surface area contributed by atoms with Crippen LogP contribution in [0.4, 0.5) is 0 Å². The fourth-order valence-corrected chi connectivity index (χ4v) is 1.27. The van der Waals surface area contributed by atoms with Crippen molar-refractivity contribution in [2.24, 2.45) is 10.7 Å². The van der Waals surface area contributed by atoms with Gasteiger partial charge in [0.1, 0.15) is 0 Å². The van der Waals surface area contributed by atoms with Crippen LogP contribution in [0.15, 0.2) is 34.0 Å². The largest absolute Gasteiger partial charge is 0.397 e. The molecule has 1 rings (SSSR count). The van der Waals surface area contributed by atoms with Gasteiger partial charge in [-0.3, -0.25) is 9.98 Å². The Morgan fingerprint density at radius 2 is 2.50 bits per heavy atom. The van der Waals surface area contributed by atoms with Crippen LogP contribution in [0.5, 0.6) is 0 Å². The number of allylic oxidation sites excluding steroid dienone is 1. The average Bonchev–Trinajstić information content (AvgIpc) is 2.26. The predicted octanol–water partition coefficient (Wildman–Crippen LogP) is 2.19. The molecule has 0 atom stereocenters. The van der Waals surface area contributed by atoms with Crippen LogP contribution in [0, 0.1) is 0 Å². The molecule has 74 valence electrons. The first kappa shape index (κ1) is 10.9. The molecule has 1 heterocycles. The molecule has 0 spiro atoms. The normalized spacial score (nSPS) is 13.0. The van der Waals surface area contributed by atoms with Crippen LogP contribution in [0.2, 0.25) is 0 Å². The number of aliphatic imine (C=N–C) groups is 1. The highest BCUT2D eigenvalue weighted by Crippen LogP contribution is 2.15. The molecule has 0 aliphatic rings. The van der Waals surface area contributed by atoms with E-state index in [9.17, 15) is 0 Å². The second-order valence-corrected chi connectivity index (χ2v) is 3.49. The number of aromatic nitrogens is 1. The molecule has 0 saturated carbocycles. The second kappa shape index (κ2) is 5.54. The Labute approximate surface area is 91.9 Å². The molecule has 0 fully saturated rings. The molecule has 0 radical (unpaired) electrons. The Hall–Kier alpha value is -1.16. The number of pyridine rings is 1. The molecule has 0 unspecified atom stereocenters. The lowest BCUT2D eigenvalue weighted by Crippen LogP contribution is -1.99. The summed E-state index contributed by atoms with van der Waals surface area (Å²) in [4.78, 5) is 8.08. The van der Waals surface area contributed by atoms with Gasteiger partial charge in [-0.25, -0.2) is 0 Å². The summed E-state index contributed by atoms with van der Waals surface area (Å²) in [6.07, 6.45) is 5.14.